The van der Waals surface area contributed by atoms with Crippen LogP contribution in [0.5, 0.6) is 0 Å². The first-order valence-corrected chi connectivity index (χ1v) is 5.53. The summed E-state index contributed by atoms with van der Waals surface area (Å²) >= 11 is 0. The molecule has 0 heterocycles. The van der Waals surface area contributed by atoms with Crippen molar-refractivity contribution < 1.29 is 9.53 Å². The highest BCUT2D eigenvalue weighted by molar-refractivity contribution is 5.68. The number of ether oxygens (including phenoxy) is 1. The van der Waals surface area contributed by atoms with Crippen LogP contribution in [0.15, 0.2) is 0 Å². The average molecular weight is 214 g/mol. The molecule has 15 heavy (non-hydrogen) atoms. The lowest BCUT2D eigenvalue weighted by atomic mass is 9.76. The molecule has 88 valence electrons. The third-order valence-corrected chi connectivity index (χ3v) is 2.64. The summed E-state index contributed by atoms with van der Waals surface area (Å²) in [7, 11) is 0. The maximum atomic E-state index is 11.4. The van der Waals surface area contributed by atoms with Gasteiger partial charge in [-0.25, -0.2) is 4.79 Å². The number of carbonyl (C=O) groups is 1. The van der Waals surface area contributed by atoms with E-state index in [0.29, 0.717) is 5.92 Å². The second kappa shape index (κ2) is 4.39. The normalized spacial score (nSPS) is 27.8. The van der Waals surface area contributed by atoms with E-state index in [-0.39, 0.29) is 18.2 Å². The van der Waals surface area contributed by atoms with E-state index in [9.17, 15) is 4.79 Å². The predicted molar refractivity (Wildman–Crippen MR) is 59.5 cm³/mol. The number of nitrogens with two attached hydrogens (primary N) is 1. The van der Waals surface area contributed by atoms with Gasteiger partial charge in [0.15, 0.2) is 0 Å². The lowest BCUT2D eigenvalue weighted by molar-refractivity contribution is 0.0444. The number of alkyl carbamates (subject to hydrolysis) is 1. The van der Waals surface area contributed by atoms with Crippen LogP contribution >= 0.6 is 0 Å². The highest BCUT2D eigenvalue weighted by Crippen LogP contribution is 2.29. The summed E-state index contributed by atoms with van der Waals surface area (Å²) in [4.78, 5) is 11.4. The molecule has 1 atom stereocenters. The lowest BCUT2D eigenvalue weighted by Gasteiger charge is -2.38. The van der Waals surface area contributed by atoms with Crippen molar-refractivity contribution in [3.05, 3.63) is 0 Å². The Morgan fingerprint density at radius 1 is 1.47 bits per heavy atom. The summed E-state index contributed by atoms with van der Waals surface area (Å²) in [6.45, 7) is 7.59. The number of nitrogens with one attached hydrogen (secondary N) is 1. The largest absolute Gasteiger partial charge is 0.444 e. The fraction of sp³-hybridized carbons (Fsp3) is 0.909. The van der Waals surface area contributed by atoms with Crippen LogP contribution in [-0.4, -0.2) is 23.8 Å². The first-order valence-electron chi connectivity index (χ1n) is 5.53. The van der Waals surface area contributed by atoms with Crippen molar-refractivity contribution in [2.45, 2.75) is 58.2 Å². The minimum Gasteiger partial charge on any atom is -0.444 e. The lowest BCUT2D eigenvalue weighted by Crippen LogP contribution is -2.50. The Hall–Kier alpha value is -0.770. The topological polar surface area (TPSA) is 64.3 Å². The van der Waals surface area contributed by atoms with E-state index >= 15 is 0 Å². The molecule has 1 aliphatic rings. The van der Waals surface area contributed by atoms with Crippen LogP contribution in [0.2, 0.25) is 0 Å². The van der Waals surface area contributed by atoms with Crippen LogP contribution in [0.25, 0.3) is 0 Å². The highest BCUT2D eigenvalue weighted by Gasteiger charge is 2.33. The van der Waals surface area contributed by atoms with Gasteiger partial charge >= 0.3 is 6.09 Å². The quantitative estimate of drug-likeness (QED) is 0.734. The van der Waals surface area contributed by atoms with Gasteiger partial charge in [-0.3, -0.25) is 0 Å². The van der Waals surface area contributed by atoms with Crippen molar-refractivity contribution in [2.24, 2.45) is 11.7 Å². The van der Waals surface area contributed by atoms with Crippen LogP contribution in [0.4, 0.5) is 4.79 Å². The Kier molecular flexibility index (Phi) is 3.60. The molecule has 1 fully saturated rings. The van der Waals surface area contributed by atoms with Gasteiger partial charge < -0.3 is 15.8 Å². The summed E-state index contributed by atoms with van der Waals surface area (Å²) in [6.07, 6.45) is 1.61. The zero-order chi connectivity index (χ0) is 11.6. The molecule has 0 spiro atoms. The van der Waals surface area contributed by atoms with Crippen LogP contribution in [-0.2, 0) is 4.74 Å². The van der Waals surface area contributed by atoms with E-state index in [1.807, 2.05) is 27.7 Å². The molecule has 0 aromatic heterocycles. The van der Waals surface area contributed by atoms with Gasteiger partial charge in [0, 0.05) is 12.1 Å². The first-order chi connectivity index (χ1) is 6.78. The minimum atomic E-state index is -0.422. The highest BCUT2D eigenvalue weighted by atomic mass is 16.6. The van der Waals surface area contributed by atoms with Crippen molar-refractivity contribution in [2.75, 3.05) is 0 Å². The molecular formula is C11H22N2O2. The average Bonchev–Trinajstić information content (AvgIpc) is 1.91. The number of amides is 1. The predicted octanol–water partition coefficient (Wildman–Crippen LogP) is 1.64. The number of hydrogen-bond acceptors (Lipinski definition) is 3. The van der Waals surface area contributed by atoms with Gasteiger partial charge in [0.1, 0.15) is 5.60 Å². The number of rotatable bonds is 2. The summed E-state index contributed by atoms with van der Waals surface area (Å²) in [5.41, 5.74) is 5.33. The third kappa shape index (κ3) is 4.08. The minimum absolute atomic E-state index is 0.224. The second-order valence-corrected chi connectivity index (χ2v) is 5.43. The van der Waals surface area contributed by atoms with E-state index in [2.05, 4.69) is 5.32 Å². The second-order valence-electron chi connectivity index (χ2n) is 5.43. The van der Waals surface area contributed by atoms with E-state index < -0.39 is 5.60 Å². The van der Waals surface area contributed by atoms with Gasteiger partial charge in [0.25, 0.3) is 0 Å². The first kappa shape index (κ1) is 12.3. The molecule has 1 rings (SSSR count). The number of carbonyl (C=O) groups excluding carboxylic acids is 1. The summed E-state index contributed by atoms with van der Waals surface area (Å²) < 4.78 is 5.16. The van der Waals surface area contributed by atoms with Gasteiger partial charge in [-0.1, -0.05) is 0 Å². The maximum absolute atomic E-state index is 11.4. The Morgan fingerprint density at radius 3 is 2.40 bits per heavy atom. The van der Waals surface area contributed by atoms with Crippen molar-refractivity contribution in [3.63, 3.8) is 0 Å². The van der Waals surface area contributed by atoms with Crippen molar-refractivity contribution in [1.29, 1.82) is 0 Å². The molecule has 3 N–H and O–H groups in total. The van der Waals surface area contributed by atoms with E-state index in [1.165, 1.54) is 0 Å². The molecule has 0 aromatic carbocycles. The smallest absolute Gasteiger partial charge is 0.407 e. The zero-order valence-corrected chi connectivity index (χ0v) is 10.0. The van der Waals surface area contributed by atoms with Crippen molar-refractivity contribution in [3.8, 4) is 0 Å². The molecule has 1 saturated carbocycles. The maximum Gasteiger partial charge on any atom is 0.407 e. The monoisotopic (exact) mass is 214 g/mol. The Balaban J connectivity index is 2.19. The fourth-order valence-electron chi connectivity index (χ4n) is 1.68. The van der Waals surface area contributed by atoms with Gasteiger partial charge in [-0.05, 0) is 46.5 Å². The van der Waals surface area contributed by atoms with Crippen molar-refractivity contribution >= 4 is 6.09 Å². The molecule has 4 nitrogen and oxygen atoms in total. The molecule has 0 aliphatic heterocycles. The Morgan fingerprint density at radius 2 is 2.00 bits per heavy atom. The molecule has 1 unspecified atom stereocenters. The fourth-order valence-corrected chi connectivity index (χ4v) is 1.68. The van der Waals surface area contributed by atoms with Crippen LogP contribution in [0.3, 0.4) is 0 Å². The molecule has 1 aliphatic carbocycles. The van der Waals surface area contributed by atoms with Gasteiger partial charge in [-0.2, -0.15) is 0 Å². The van der Waals surface area contributed by atoms with Crippen molar-refractivity contribution in [1.82, 2.24) is 5.32 Å². The molecule has 4 heteroatoms. The van der Waals surface area contributed by atoms with Gasteiger partial charge in [0.2, 0.25) is 0 Å². The van der Waals surface area contributed by atoms with Crippen LogP contribution in [0, 0.1) is 5.92 Å². The summed E-state index contributed by atoms with van der Waals surface area (Å²) in [5.74, 6) is 0.546. The molecule has 0 aromatic rings. The summed E-state index contributed by atoms with van der Waals surface area (Å²) in [5, 5.41) is 2.84. The third-order valence-electron chi connectivity index (χ3n) is 2.64. The SMILES string of the molecule is CC(N)C1CC(NC(=O)OC(C)(C)C)C1. The molecule has 0 radical (unpaired) electrons. The Labute approximate surface area is 91.5 Å². The number of hydrogen-bond donors (Lipinski definition) is 2. The van der Waals surface area contributed by atoms with Gasteiger partial charge in [0.05, 0.1) is 0 Å². The van der Waals surface area contributed by atoms with Crippen LogP contribution < -0.4 is 11.1 Å². The summed E-state index contributed by atoms with van der Waals surface area (Å²) in [6, 6.07) is 0.470. The van der Waals surface area contributed by atoms with Gasteiger partial charge in [-0.15, -0.1) is 0 Å². The Bertz CT molecular complexity index is 227. The van der Waals surface area contributed by atoms with E-state index in [4.69, 9.17) is 10.5 Å². The van der Waals surface area contributed by atoms with Crippen LogP contribution in [0.1, 0.15) is 40.5 Å². The molecular weight excluding hydrogens is 192 g/mol. The van der Waals surface area contributed by atoms with E-state index in [1.54, 1.807) is 0 Å². The zero-order valence-electron chi connectivity index (χ0n) is 10.0. The molecule has 0 saturated heterocycles. The van der Waals surface area contributed by atoms with E-state index in [0.717, 1.165) is 12.8 Å². The molecule has 0 bridgehead atoms. The molecule has 1 amide bonds. The standard InChI is InChI=1S/C11H22N2O2/c1-7(12)8-5-9(6-8)13-10(14)15-11(2,3)4/h7-9H,5-6,12H2,1-4H3,(H,13,14).